The number of ether oxygens (including phenoxy) is 2. The molecular formula is C15H21ClO3. The summed E-state index contributed by atoms with van der Waals surface area (Å²) in [5.41, 5.74) is 1.08. The van der Waals surface area contributed by atoms with Gasteiger partial charge in [-0.15, -0.1) is 0 Å². The molecule has 1 aliphatic heterocycles. The summed E-state index contributed by atoms with van der Waals surface area (Å²) in [6, 6.07) is 7.81. The molecule has 0 aromatic heterocycles. The fourth-order valence-electron chi connectivity index (χ4n) is 2.43. The van der Waals surface area contributed by atoms with E-state index in [1.165, 1.54) is 0 Å². The summed E-state index contributed by atoms with van der Waals surface area (Å²) in [6.45, 7) is 4.60. The van der Waals surface area contributed by atoms with Crippen LogP contribution in [-0.2, 0) is 15.9 Å². The van der Waals surface area contributed by atoms with Gasteiger partial charge in [0.2, 0.25) is 0 Å². The van der Waals surface area contributed by atoms with Crippen molar-refractivity contribution in [3.63, 3.8) is 0 Å². The van der Waals surface area contributed by atoms with Gasteiger partial charge < -0.3 is 14.6 Å². The summed E-state index contributed by atoms with van der Waals surface area (Å²) in [5, 5.41) is 9.91. The molecule has 1 N–H and O–H groups in total. The van der Waals surface area contributed by atoms with Gasteiger partial charge in [-0.1, -0.05) is 29.8 Å². The van der Waals surface area contributed by atoms with Crippen LogP contribution in [0.5, 0.6) is 0 Å². The van der Waals surface area contributed by atoms with Crippen LogP contribution >= 0.6 is 11.6 Å². The van der Waals surface area contributed by atoms with Crippen LogP contribution in [0.3, 0.4) is 0 Å². The lowest BCUT2D eigenvalue weighted by atomic mass is 9.92. The molecule has 106 valence electrons. The summed E-state index contributed by atoms with van der Waals surface area (Å²) in [7, 11) is 0. The second-order valence-electron chi connectivity index (χ2n) is 5.44. The quantitative estimate of drug-likeness (QED) is 0.924. The number of aliphatic hydroxyl groups excluding tert-OH is 1. The molecule has 1 fully saturated rings. The predicted molar refractivity (Wildman–Crippen MR) is 75.3 cm³/mol. The lowest BCUT2D eigenvalue weighted by Crippen LogP contribution is -2.46. The van der Waals surface area contributed by atoms with Gasteiger partial charge in [-0.3, -0.25) is 0 Å². The van der Waals surface area contributed by atoms with Gasteiger partial charge in [-0.05, 0) is 31.9 Å². The van der Waals surface area contributed by atoms with E-state index in [9.17, 15) is 0 Å². The minimum atomic E-state index is -0.572. The van der Waals surface area contributed by atoms with Crippen molar-refractivity contribution in [1.82, 2.24) is 0 Å². The number of aliphatic hydroxyl groups is 1. The largest absolute Gasteiger partial charge is 0.396 e. The van der Waals surface area contributed by atoms with E-state index >= 15 is 0 Å². The van der Waals surface area contributed by atoms with Gasteiger partial charge in [0.25, 0.3) is 0 Å². The Labute approximate surface area is 119 Å². The summed E-state index contributed by atoms with van der Waals surface area (Å²) < 4.78 is 11.7. The molecule has 1 saturated heterocycles. The van der Waals surface area contributed by atoms with Gasteiger partial charge in [0, 0.05) is 24.0 Å². The second kappa shape index (κ2) is 6.23. The van der Waals surface area contributed by atoms with E-state index in [0.717, 1.165) is 17.0 Å². The Morgan fingerprint density at radius 1 is 1.37 bits per heavy atom. The molecule has 0 saturated carbocycles. The molecule has 0 spiro atoms. The third kappa shape index (κ3) is 3.93. The second-order valence-corrected chi connectivity index (χ2v) is 5.84. The first-order valence-corrected chi connectivity index (χ1v) is 7.05. The maximum atomic E-state index is 9.15. The first-order chi connectivity index (χ1) is 9.02. The molecule has 2 unspecified atom stereocenters. The molecule has 0 aliphatic carbocycles. The molecule has 0 radical (unpaired) electrons. The Balaban J connectivity index is 2.11. The van der Waals surface area contributed by atoms with Crippen LogP contribution in [0.2, 0.25) is 5.02 Å². The molecule has 2 rings (SSSR count). The van der Waals surface area contributed by atoms with E-state index < -0.39 is 5.79 Å². The summed E-state index contributed by atoms with van der Waals surface area (Å²) in [6.07, 6.45) is 1.46. The normalized spacial score (nSPS) is 26.3. The highest BCUT2D eigenvalue weighted by Crippen LogP contribution is 2.31. The first kappa shape index (κ1) is 14.8. The van der Waals surface area contributed by atoms with Crippen molar-refractivity contribution < 1.29 is 14.6 Å². The topological polar surface area (TPSA) is 38.7 Å². The summed E-state index contributed by atoms with van der Waals surface area (Å²) >= 11 is 6.20. The van der Waals surface area contributed by atoms with Crippen LogP contribution in [0.4, 0.5) is 0 Å². The lowest BCUT2D eigenvalue weighted by molar-refractivity contribution is -0.293. The van der Waals surface area contributed by atoms with E-state index in [2.05, 4.69) is 0 Å². The predicted octanol–water partition coefficient (Wildman–Crippen LogP) is 3.03. The van der Waals surface area contributed by atoms with Crippen molar-refractivity contribution in [3.8, 4) is 0 Å². The van der Waals surface area contributed by atoms with Gasteiger partial charge in [0.05, 0.1) is 12.7 Å². The monoisotopic (exact) mass is 284 g/mol. The van der Waals surface area contributed by atoms with Crippen molar-refractivity contribution >= 4 is 11.6 Å². The summed E-state index contributed by atoms with van der Waals surface area (Å²) in [4.78, 5) is 0. The molecule has 1 aromatic rings. The molecule has 1 heterocycles. The number of benzene rings is 1. The Hall–Kier alpha value is -0.610. The maximum Gasteiger partial charge on any atom is 0.163 e. The highest BCUT2D eigenvalue weighted by molar-refractivity contribution is 6.31. The number of hydrogen-bond acceptors (Lipinski definition) is 3. The van der Waals surface area contributed by atoms with Gasteiger partial charge in [0.1, 0.15) is 0 Å². The smallest absolute Gasteiger partial charge is 0.163 e. The van der Waals surface area contributed by atoms with Crippen LogP contribution in [0, 0.1) is 5.92 Å². The average molecular weight is 285 g/mol. The van der Waals surface area contributed by atoms with E-state index in [4.69, 9.17) is 26.2 Å². The molecular weight excluding hydrogens is 264 g/mol. The lowest BCUT2D eigenvalue weighted by Gasteiger charge is -2.41. The van der Waals surface area contributed by atoms with Crippen LogP contribution in [-0.4, -0.2) is 30.2 Å². The third-order valence-corrected chi connectivity index (χ3v) is 3.85. The van der Waals surface area contributed by atoms with Gasteiger partial charge in [-0.2, -0.15) is 0 Å². The van der Waals surface area contributed by atoms with Crippen molar-refractivity contribution in [1.29, 1.82) is 0 Å². The number of rotatable bonds is 4. The van der Waals surface area contributed by atoms with Crippen LogP contribution in [0.25, 0.3) is 0 Å². The van der Waals surface area contributed by atoms with Gasteiger partial charge in [0.15, 0.2) is 5.79 Å². The molecule has 0 amide bonds. The van der Waals surface area contributed by atoms with Crippen LogP contribution < -0.4 is 0 Å². The van der Waals surface area contributed by atoms with Crippen LogP contribution in [0.15, 0.2) is 24.3 Å². The highest BCUT2D eigenvalue weighted by atomic mass is 35.5. The standard InChI is InChI=1S/C15H21ClO3/c1-15(2)18-10-12(7-8-17)14(19-15)9-11-5-3-4-6-13(11)16/h3-6,12,14,17H,7-10H2,1-2H3. The molecule has 4 heteroatoms. The Bertz CT molecular complexity index is 420. The van der Waals surface area contributed by atoms with E-state index in [0.29, 0.717) is 13.0 Å². The van der Waals surface area contributed by atoms with Gasteiger partial charge >= 0.3 is 0 Å². The summed E-state index contributed by atoms with van der Waals surface area (Å²) in [5.74, 6) is -0.368. The number of hydrogen-bond donors (Lipinski definition) is 1. The zero-order valence-corrected chi connectivity index (χ0v) is 12.2. The molecule has 1 aromatic carbocycles. The Morgan fingerprint density at radius 3 is 2.79 bits per heavy atom. The zero-order chi connectivity index (χ0) is 13.9. The minimum absolute atomic E-state index is 0.0239. The van der Waals surface area contributed by atoms with Crippen molar-refractivity contribution in [3.05, 3.63) is 34.9 Å². The Morgan fingerprint density at radius 2 is 2.11 bits per heavy atom. The molecule has 1 aliphatic rings. The third-order valence-electron chi connectivity index (χ3n) is 3.48. The van der Waals surface area contributed by atoms with E-state index in [-0.39, 0.29) is 18.6 Å². The fraction of sp³-hybridized carbons (Fsp3) is 0.600. The molecule has 19 heavy (non-hydrogen) atoms. The molecule has 2 atom stereocenters. The van der Waals surface area contributed by atoms with Crippen molar-refractivity contribution in [2.24, 2.45) is 5.92 Å². The zero-order valence-electron chi connectivity index (χ0n) is 11.4. The van der Waals surface area contributed by atoms with Crippen LogP contribution in [0.1, 0.15) is 25.8 Å². The SMILES string of the molecule is CC1(C)OCC(CCO)C(Cc2ccccc2Cl)O1. The fourth-order valence-corrected chi connectivity index (χ4v) is 2.65. The highest BCUT2D eigenvalue weighted by Gasteiger charge is 2.36. The maximum absolute atomic E-state index is 9.15. The Kier molecular flexibility index (Phi) is 4.85. The van der Waals surface area contributed by atoms with E-state index in [1.807, 2.05) is 38.1 Å². The van der Waals surface area contributed by atoms with E-state index in [1.54, 1.807) is 0 Å². The molecule has 0 bridgehead atoms. The minimum Gasteiger partial charge on any atom is -0.396 e. The number of halogens is 1. The van der Waals surface area contributed by atoms with Crippen molar-refractivity contribution in [2.75, 3.05) is 13.2 Å². The first-order valence-electron chi connectivity index (χ1n) is 6.68. The molecule has 3 nitrogen and oxygen atoms in total. The average Bonchev–Trinajstić information content (AvgIpc) is 2.35. The van der Waals surface area contributed by atoms with Gasteiger partial charge in [-0.25, -0.2) is 0 Å². The van der Waals surface area contributed by atoms with Crippen molar-refractivity contribution in [2.45, 2.75) is 38.6 Å².